The van der Waals surface area contributed by atoms with Gasteiger partial charge in [-0.3, -0.25) is 9.59 Å². The number of anilines is 2. The molecule has 8 heteroatoms. The summed E-state index contributed by atoms with van der Waals surface area (Å²) in [4.78, 5) is 25.2. The maximum absolute atomic E-state index is 13.0. The van der Waals surface area contributed by atoms with Gasteiger partial charge in [0.05, 0.1) is 15.8 Å². The number of thioether (sulfide) groups is 1. The molecule has 2 aromatic carbocycles. The van der Waals surface area contributed by atoms with Gasteiger partial charge in [0.1, 0.15) is 0 Å². The van der Waals surface area contributed by atoms with Crippen LogP contribution in [-0.4, -0.2) is 31.2 Å². The predicted molar refractivity (Wildman–Crippen MR) is 116 cm³/mol. The van der Waals surface area contributed by atoms with E-state index in [1.165, 1.54) is 24.8 Å². The van der Waals surface area contributed by atoms with Crippen molar-refractivity contribution in [2.24, 2.45) is 0 Å². The van der Waals surface area contributed by atoms with E-state index in [0.29, 0.717) is 23.5 Å². The first-order chi connectivity index (χ1) is 13.7. The molecule has 0 radical (unpaired) electrons. The lowest BCUT2D eigenvalue weighted by Gasteiger charge is -2.16. The van der Waals surface area contributed by atoms with Crippen LogP contribution in [0.2, 0.25) is 0 Å². The quantitative estimate of drug-likeness (QED) is 0.747. The molecule has 154 valence electrons. The van der Waals surface area contributed by atoms with Gasteiger partial charge in [-0.05, 0) is 50.1 Å². The summed E-state index contributed by atoms with van der Waals surface area (Å²) in [5, 5.41) is 4.69. The number of rotatable bonds is 5. The molecule has 3 rings (SSSR count). The largest absolute Gasteiger partial charge is 0.326 e. The molecule has 0 fully saturated rings. The molecule has 0 bridgehead atoms. The van der Waals surface area contributed by atoms with Crippen molar-refractivity contribution in [3.8, 4) is 0 Å². The van der Waals surface area contributed by atoms with Gasteiger partial charge in [0.2, 0.25) is 11.8 Å². The van der Waals surface area contributed by atoms with Gasteiger partial charge in [0.15, 0.2) is 9.84 Å². The second kappa shape index (κ2) is 8.59. The van der Waals surface area contributed by atoms with Crippen molar-refractivity contribution >= 4 is 44.8 Å². The first kappa shape index (κ1) is 21.4. The number of amides is 2. The van der Waals surface area contributed by atoms with E-state index in [-0.39, 0.29) is 23.1 Å². The number of fused-ring (bicyclic) bond motifs is 1. The summed E-state index contributed by atoms with van der Waals surface area (Å²) in [6, 6.07) is 10.4. The monoisotopic (exact) mass is 432 g/mol. The van der Waals surface area contributed by atoms with Crippen LogP contribution >= 0.6 is 11.8 Å². The van der Waals surface area contributed by atoms with E-state index in [9.17, 15) is 18.0 Å². The lowest BCUT2D eigenvalue weighted by atomic mass is 10.1. The average Bonchev–Trinajstić information content (AvgIpc) is 2.84. The van der Waals surface area contributed by atoms with Gasteiger partial charge in [-0.2, -0.15) is 0 Å². The van der Waals surface area contributed by atoms with E-state index >= 15 is 0 Å². The molecule has 1 atom stereocenters. The van der Waals surface area contributed by atoms with Crippen LogP contribution in [0.25, 0.3) is 0 Å². The Balaban J connectivity index is 1.77. The third kappa shape index (κ3) is 4.82. The Bertz CT molecular complexity index is 1040. The van der Waals surface area contributed by atoms with Gasteiger partial charge in [0, 0.05) is 29.2 Å². The molecule has 0 saturated carbocycles. The van der Waals surface area contributed by atoms with Crippen LogP contribution in [0.1, 0.15) is 30.9 Å². The zero-order valence-electron chi connectivity index (χ0n) is 16.6. The Kier molecular flexibility index (Phi) is 6.33. The van der Waals surface area contributed by atoms with E-state index in [1.807, 2.05) is 32.0 Å². The van der Waals surface area contributed by atoms with Crippen molar-refractivity contribution in [1.82, 2.24) is 0 Å². The van der Waals surface area contributed by atoms with Crippen molar-refractivity contribution in [3.05, 3.63) is 47.5 Å². The zero-order chi connectivity index (χ0) is 21.2. The molecular formula is C21H24N2O4S2. The summed E-state index contributed by atoms with van der Waals surface area (Å²) in [7, 11) is -3.73. The molecule has 0 aliphatic carbocycles. The number of nitrogens with one attached hydrogen (secondary N) is 2. The van der Waals surface area contributed by atoms with Crippen LogP contribution in [-0.2, 0) is 19.4 Å². The molecule has 2 N–H and O–H groups in total. The molecule has 2 aromatic rings. The highest BCUT2D eigenvalue weighted by atomic mass is 32.2. The summed E-state index contributed by atoms with van der Waals surface area (Å²) in [6.45, 7) is 5.31. The smallest absolute Gasteiger partial charge is 0.225 e. The number of para-hydroxylation sites is 1. The third-order valence-electron chi connectivity index (χ3n) is 4.89. The second-order valence-corrected chi connectivity index (χ2v) is 10.7. The Morgan fingerprint density at radius 2 is 1.90 bits per heavy atom. The molecule has 0 spiro atoms. The number of aryl methyl sites for hydroxylation is 2. The van der Waals surface area contributed by atoms with E-state index in [1.54, 1.807) is 12.1 Å². The molecule has 1 aliphatic rings. The van der Waals surface area contributed by atoms with E-state index in [4.69, 9.17) is 0 Å². The van der Waals surface area contributed by atoms with Crippen molar-refractivity contribution in [2.75, 3.05) is 16.4 Å². The average molecular weight is 433 g/mol. The van der Waals surface area contributed by atoms with E-state index < -0.39 is 15.1 Å². The molecule has 29 heavy (non-hydrogen) atoms. The number of hydrogen-bond donors (Lipinski definition) is 2. The van der Waals surface area contributed by atoms with Crippen LogP contribution in [0.3, 0.4) is 0 Å². The summed E-state index contributed by atoms with van der Waals surface area (Å²) in [5.74, 6) is 0.170. The Hall–Kier alpha value is -2.32. The highest BCUT2D eigenvalue weighted by molar-refractivity contribution is 7.99. The number of carbonyl (C=O) groups is 2. The van der Waals surface area contributed by atoms with Crippen LogP contribution in [0.5, 0.6) is 0 Å². The molecule has 6 nitrogen and oxygen atoms in total. The molecule has 1 heterocycles. The lowest BCUT2D eigenvalue weighted by molar-refractivity contribution is -0.116. The van der Waals surface area contributed by atoms with Gasteiger partial charge in [-0.25, -0.2) is 8.42 Å². The molecule has 0 aromatic heterocycles. The Morgan fingerprint density at radius 3 is 2.59 bits per heavy atom. The van der Waals surface area contributed by atoms with Crippen molar-refractivity contribution in [1.29, 1.82) is 0 Å². The van der Waals surface area contributed by atoms with Crippen LogP contribution in [0.15, 0.2) is 46.2 Å². The van der Waals surface area contributed by atoms with Gasteiger partial charge in [0.25, 0.3) is 0 Å². The molecule has 0 unspecified atom stereocenters. The normalized spacial score (nSPS) is 15.1. The first-order valence-electron chi connectivity index (χ1n) is 9.35. The maximum atomic E-state index is 13.0. The second-order valence-electron chi connectivity index (χ2n) is 7.18. The van der Waals surface area contributed by atoms with Gasteiger partial charge in [-0.1, -0.05) is 18.2 Å². The molecule has 0 saturated heterocycles. The summed E-state index contributed by atoms with van der Waals surface area (Å²) in [5.41, 5.74) is 3.07. The summed E-state index contributed by atoms with van der Waals surface area (Å²) < 4.78 is 26.0. The van der Waals surface area contributed by atoms with Crippen LogP contribution in [0, 0.1) is 13.8 Å². The van der Waals surface area contributed by atoms with Crippen molar-refractivity contribution < 1.29 is 18.0 Å². The van der Waals surface area contributed by atoms with Gasteiger partial charge >= 0.3 is 0 Å². The van der Waals surface area contributed by atoms with E-state index in [0.717, 1.165) is 16.0 Å². The van der Waals surface area contributed by atoms with Crippen LogP contribution in [0.4, 0.5) is 11.4 Å². The van der Waals surface area contributed by atoms with Crippen LogP contribution < -0.4 is 10.6 Å². The fraction of sp³-hybridized carbons (Fsp3) is 0.333. The number of benzene rings is 2. The molecule has 2 amide bonds. The van der Waals surface area contributed by atoms with Crippen molar-refractivity contribution in [3.63, 3.8) is 0 Å². The topological polar surface area (TPSA) is 92.3 Å². The van der Waals surface area contributed by atoms with Gasteiger partial charge in [-0.15, -0.1) is 11.8 Å². The number of hydrogen-bond acceptors (Lipinski definition) is 5. The summed E-state index contributed by atoms with van der Waals surface area (Å²) in [6.07, 6.45) is 0.227. The third-order valence-corrected chi connectivity index (χ3v) is 8.10. The maximum Gasteiger partial charge on any atom is 0.225 e. The molecular weight excluding hydrogens is 408 g/mol. The van der Waals surface area contributed by atoms with E-state index in [2.05, 4.69) is 10.6 Å². The minimum Gasteiger partial charge on any atom is -0.326 e. The minimum atomic E-state index is -3.73. The predicted octanol–water partition coefficient (Wildman–Crippen LogP) is 3.93. The minimum absolute atomic E-state index is 0.103. The number of carbonyl (C=O) groups excluding carboxylic acids is 2. The fourth-order valence-electron chi connectivity index (χ4n) is 3.18. The SMILES string of the molecule is Cc1cccc(C)c1NC(=O)C[C@@H](C)S(=O)(=O)c1ccc2c(c1)NC(=O)CCS2. The zero-order valence-corrected chi connectivity index (χ0v) is 18.2. The lowest BCUT2D eigenvalue weighted by Crippen LogP contribution is -2.25. The highest BCUT2D eigenvalue weighted by Gasteiger charge is 2.27. The highest BCUT2D eigenvalue weighted by Crippen LogP contribution is 2.33. The Morgan fingerprint density at radius 1 is 1.21 bits per heavy atom. The molecule has 1 aliphatic heterocycles. The van der Waals surface area contributed by atoms with Crippen molar-refractivity contribution in [2.45, 2.75) is 48.7 Å². The standard InChI is InChI=1S/C21H24N2O4S2/c1-13-5-4-6-14(2)21(13)23-20(25)11-15(3)29(26,27)16-7-8-18-17(12-16)22-19(24)9-10-28-18/h4-8,12,15H,9-11H2,1-3H3,(H,22,24)(H,23,25)/t15-/m1/s1. The number of sulfone groups is 1. The first-order valence-corrected chi connectivity index (χ1v) is 11.9. The summed E-state index contributed by atoms with van der Waals surface area (Å²) >= 11 is 1.51. The van der Waals surface area contributed by atoms with Gasteiger partial charge < -0.3 is 10.6 Å². The fourth-order valence-corrected chi connectivity index (χ4v) is 5.49. The Labute approximate surface area is 175 Å².